The minimum atomic E-state index is -0.542. The van der Waals surface area contributed by atoms with Crippen molar-refractivity contribution in [3.05, 3.63) is 35.4 Å². The van der Waals surface area contributed by atoms with Gasteiger partial charge in [0, 0.05) is 7.11 Å². The van der Waals surface area contributed by atoms with Crippen LogP contribution in [-0.2, 0) is 4.74 Å². The lowest BCUT2D eigenvalue weighted by Gasteiger charge is -2.45. The molecular weight excluding hydrogens is 260 g/mol. The summed E-state index contributed by atoms with van der Waals surface area (Å²) < 4.78 is 5.82. The second-order valence-corrected chi connectivity index (χ2v) is 7.66. The largest absolute Gasteiger partial charge is 0.385 e. The van der Waals surface area contributed by atoms with Gasteiger partial charge in [-0.05, 0) is 48.1 Å². The molecule has 0 bridgehead atoms. The van der Waals surface area contributed by atoms with E-state index in [9.17, 15) is 5.11 Å². The van der Waals surface area contributed by atoms with Gasteiger partial charge < -0.3 is 9.84 Å². The van der Waals surface area contributed by atoms with Gasteiger partial charge >= 0.3 is 0 Å². The normalized spacial score (nSPS) is 22.2. The average Bonchev–Trinajstić information content (AvgIpc) is 2.47. The van der Waals surface area contributed by atoms with E-state index in [2.05, 4.69) is 52.0 Å². The lowest BCUT2D eigenvalue weighted by molar-refractivity contribution is -0.138. The van der Waals surface area contributed by atoms with Gasteiger partial charge in [0.15, 0.2) is 0 Å². The molecule has 1 saturated carbocycles. The molecule has 0 radical (unpaired) electrons. The van der Waals surface area contributed by atoms with Crippen LogP contribution in [-0.4, -0.2) is 17.8 Å². The monoisotopic (exact) mass is 290 g/mol. The van der Waals surface area contributed by atoms with Gasteiger partial charge in [0.25, 0.3) is 0 Å². The smallest absolute Gasteiger partial charge is 0.108 e. The van der Waals surface area contributed by atoms with Crippen molar-refractivity contribution in [2.24, 2.45) is 5.41 Å². The Kier molecular flexibility index (Phi) is 4.79. The second-order valence-electron chi connectivity index (χ2n) is 7.66. The van der Waals surface area contributed by atoms with E-state index in [1.165, 1.54) is 5.56 Å². The standard InChI is InChI=1S/C19H30O2/c1-14(2)15-6-8-16(9-7-15)17(20)19(21-5)12-10-18(3,4)11-13-19/h6-9,14,17,20H,10-13H2,1-5H3. The number of aliphatic hydroxyl groups excluding tert-OH is 1. The quantitative estimate of drug-likeness (QED) is 0.860. The fourth-order valence-electron chi connectivity index (χ4n) is 3.31. The summed E-state index contributed by atoms with van der Waals surface area (Å²) in [7, 11) is 1.74. The van der Waals surface area contributed by atoms with Crippen molar-refractivity contribution in [2.75, 3.05) is 7.11 Å². The van der Waals surface area contributed by atoms with Crippen LogP contribution in [0.4, 0.5) is 0 Å². The number of aliphatic hydroxyl groups is 1. The van der Waals surface area contributed by atoms with E-state index in [1.807, 2.05) is 0 Å². The van der Waals surface area contributed by atoms with Gasteiger partial charge in [0.2, 0.25) is 0 Å². The zero-order chi connectivity index (χ0) is 15.7. The number of benzene rings is 1. The number of rotatable bonds is 4. The van der Waals surface area contributed by atoms with Crippen molar-refractivity contribution in [3.8, 4) is 0 Å². The van der Waals surface area contributed by atoms with Gasteiger partial charge in [0.05, 0.1) is 5.60 Å². The van der Waals surface area contributed by atoms with Gasteiger partial charge in [-0.1, -0.05) is 52.0 Å². The van der Waals surface area contributed by atoms with E-state index in [1.54, 1.807) is 7.11 Å². The first-order valence-corrected chi connectivity index (χ1v) is 8.13. The maximum Gasteiger partial charge on any atom is 0.108 e. The summed E-state index contributed by atoms with van der Waals surface area (Å²) in [4.78, 5) is 0. The highest BCUT2D eigenvalue weighted by atomic mass is 16.5. The van der Waals surface area contributed by atoms with E-state index in [-0.39, 0.29) is 0 Å². The molecule has 0 heterocycles. The highest BCUT2D eigenvalue weighted by Crippen LogP contribution is 2.47. The van der Waals surface area contributed by atoms with Crippen molar-refractivity contribution in [1.29, 1.82) is 0 Å². The van der Waals surface area contributed by atoms with Crippen LogP contribution in [0.15, 0.2) is 24.3 Å². The Labute approximate surface area is 129 Å². The summed E-state index contributed by atoms with van der Waals surface area (Å²) in [5, 5.41) is 10.9. The summed E-state index contributed by atoms with van der Waals surface area (Å²) in [5.41, 5.74) is 2.22. The molecule has 0 aromatic heterocycles. The Balaban J connectivity index is 2.18. The Hall–Kier alpha value is -0.860. The first-order chi connectivity index (χ1) is 9.80. The summed E-state index contributed by atoms with van der Waals surface area (Å²) in [5.74, 6) is 0.517. The van der Waals surface area contributed by atoms with Gasteiger partial charge in [-0.15, -0.1) is 0 Å². The lowest BCUT2D eigenvalue weighted by atomic mass is 9.68. The zero-order valence-electron chi connectivity index (χ0n) is 14.1. The molecule has 0 spiro atoms. The van der Waals surface area contributed by atoms with Crippen molar-refractivity contribution in [3.63, 3.8) is 0 Å². The van der Waals surface area contributed by atoms with E-state index in [0.29, 0.717) is 11.3 Å². The molecule has 0 saturated heterocycles. The molecule has 2 nitrogen and oxygen atoms in total. The molecule has 1 aliphatic carbocycles. The van der Waals surface area contributed by atoms with Crippen LogP contribution in [0.2, 0.25) is 0 Å². The maximum absolute atomic E-state index is 10.9. The molecule has 0 amide bonds. The van der Waals surface area contributed by atoms with E-state index >= 15 is 0 Å². The summed E-state index contributed by atoms with van der Waals surface area (Å²) in [6.07, 6.45) is 3.50. The van der Waals surface area contributed by atoms with Crippen LogP contribution in [0, 0.1) is 5.41 Å². The molecular formula is C19H30O2. The van der Waals surface area contributed by atoms with Crippen LogP contribution >= 0.6 is 0 Å². The van der Waals surface area contributed by atoms with Crippen molar-refractivity contribution < 1.29 is 9.84 Å². The minimum Gasteiger partial charge on any atom is -0.385 e. The van der Waals surface area contributed by atoms with Gasteiger partial charge in [-0.25, -0.2) is 0 Å². The molecule has 1 aromatic rings. The molecule has 1 N–H and O–H groups in total. The first kappa shape index (κ1) is 16.5. The van der Waals surface area contributed by atoms with E-state index in [0.717, 1.165) is 31.2 Å². The molecule has 1 aliphatic rings. The van der Waals surface area contributed by atoms with Crippen LogP contribution in [0.3, 0.4) is 0 Å². The molecule has 1 aromatic carbocycles. The van der Waals surface area contributed by atoms with Crippen molar-refractivity contribution in [2.45, 2.75) is 71.0 Å². The molecule has 1 fully saturated rings. The fourth-order valence-corrected chi connectivity index (χ4v) is 3.31. The average molecular weight is 290 g/mol. The van der Waals surface area contributed by atoms with Crippen LogP contribution in [0.25, 0.3) is 0 Å². The SMILES string of the molecule is COC1(C(O)c2ccc(C(C)C)cc2)CCC(C)(C)CC1. The molecule has 21 heavy (non-hydrogen) atoms. The third-order valence-corrected chi connectivity index (χ3v) is 5.27. The van der Waals surface area contributed by atoms with Gasteiger partial charge in [-0.2, -0.15) is 0 Å². The predicted molar refractivity (Wildman–Crippen MR) is 87.5 cm³/mol. The molecule has 1 atom stereocenters. The highest BCUT2D eigenvalue weighted by molar-refractivity contribution is 5.28. The lowest BCUT2D eigenvalue weighted by Crippen LogP contribution is -2.43. The third kappa shape index (κ3) is 3.49. The zero-order valence-corrected chi connectivity index (χ0v) is 14.1. The molecule has 118 valence electrons. The minimum absolute atomic E-state index is 0.364. The Morgan fingerprint density at radius 2 is 1.43 bits per heavy atom. The van der Waals surface area contributed by atoms with Crippen LogP contribution in [0.5, 0.6) is 0 Å². The molecule has 2 heteroatoms. The Bertz CT molecular complexity index is 449. The maximum atomic E-state index is 10.9. The first-order valence-electron chi connectivity index (χ1n) is 8.13. The topological polar surface area (TPSA) is 29.5 Å². The predicted octanol–water partition coefficient (Wildman–Crippen LogP) is 4.83. The number of hydrogen-bond acceptors (Lipinski definition) is 2. The second kappa shape index (κ2) is 6.10. The summed E-state index contributed by atoms with van der Waals surface area (Å²) in [6, 6.07) is 8.36. The third-order valence-electron chi connectivity index (χ3n) is 5.27. The molecule has 0 aliphatic heterocycles. The Morgan fingerprint density at radius 1 is 0.952 bits per heavy atom. The molecule has 1 unspecified atom stereocenters. The Morgan fingerprint density at radius 3 is 1.86 bits per heavy atom. The van der Waals surface area contributed by atoms with Gasteiger partial charge in [-0.3, -0.25) is 0 Å². The summed E-state index contributed by atoms with van der Waals surface area (Å²) in [6.45, 7) is 8.98. The fraction of sp³-hybridized carbons (Fsp3) is 0.684. The van der Waals surface area contributed by atoms with E-state index in [4.69, 9.17) is 4.74 Å². The van der Waals surface area contributed by atoms with Crippen molar-refractivity contribution >= 4 is 0 Å². The number of methoxy groups -OCH3 is 1. The molecule has 2 rings (SSSR count). The van der Waals surface area contributed by atoms with Crippen LogP contribution < -0.4 is 0 Å². The highest BCUT2D eigenvalue weighted by Gasteiger charge is 2.44. The van der Waals surface area contributed by atoms with Gasteiger partial charge in [0.1, 0.15) is 6.10 Å². The number of hydrogen-bond donors (Lipinski definition) is 1. The van der Waals surface area contributed by atoms with Crippen LogP contribution in [0.1, 0.15) is 76.5 Å². The van der Waals surface area contributed by atoms with Crippen molar-refractivity contribution in [1.82, 2.24) is 0 Å². The number of ether oxygens (including phenoxy) is 1. The summed E-state index contributed by atoms with van der Waals surface area (Å²) >= 11 is 0. The van der Waals surface area contributed by atoms with E-state index < -0.39 is 11.7 Å².